The molecule has 27 heavy (non-hydrogen) atoms. The SMILES string of the molecule is OC[C@@H](O)Cn1c(Cc2ccc(-c3ccccc3)cc2)nc2ccccc21. The van der Waals surface area contributed by atoms with Crippen LogP contribution in [0.4, 0.5) is 0 Å². The van der Waals surface area contributed by atoms with Crippen LogP contribution in [0.25, 0.3) is 22.2 Å². The molecule has 0 fully saturated rings. The second kappa shape index (κ2) is 7.74. The predicted octanol–water partition coefficient (Wildman–Crippen LogP) is 3.65. The van der Waals surface area contributed by atoms with Gasteiger partial charge in [0.05, 0.1) is 30.3 Å². The van der Waals surface area contributed by atoms with E-state index >= 15 is 0 Å². The summed E-state index contributed by atoms with van der Waals surface area (Å²) >= 11 is 0. The van der Waals surface area contributed by atoms with Crippen LogP contribution in [0.15, 0.2) is 78.9 Å². The van der Waals surface area contributed by atoms with E-state index in [0.29, 0.717) is 13.0 Å². The fourth-order valence-electron chi connectivity index (χ4n) is 3.36. The van der Waals surface area contributed by atoms with Crippen LogP contribution in [0.5, 0.6) is 0 Å². The number of hydrogen-bond donors (Lipinski definition) is 2. The summed E-state index contributed by atoms with van der Waals surface area (Å²) in [6.45, 7) is 0.0617. The zero-order chi connectivity index (χ0) is 18.6. The van der Waals surface area contributed by atoms with Crippen molar-refractivity contribution in [1.29, 1.82) is 0 Å². The minimum atomic E-state index is -0.804. The molecule has 0 amide bonds. The summed E-state index contributed by atoms with van der Waals surface area (Å²) in [7, 11) is 0. The topological polar surface area (TPSA) is 58.3 Å². The molecular formula is C23H22N2O2. The molecule has 0 spiro atoms. The Labute approximate surface area is 158 Å². The van der Waals surface area contributed by atoms with Gasteiger partial charge < -0.3 is 14.8 Å². The molecule has 2 N–H and O–H groups in total. The third-order valence-electron chi connectivity index (χ3n) is 4.76. The van der Waals surface area contributed by atoms with Crippen LogP contribution < -0.4 is 0 Å². The maximum atomic E-state index is 9.94. The van der Waals surface area contributed by atoms with Crippen molar-refractivity contribution in [3.63, 3.8) is 0 Å². The van der Waals surface area contributed by atoms with E-state index in [1.165, 1.54) is 11.1 Å². The van der Waals surface area contributed by atoms with Crippen LogP contribution in [0.3, 0.4) is 0 Å². The van der Waals surface area contributed by atoms with Gasteiger partial charge in [-0.3, -0.25) is 0 Å². The summed E-state index contributed by atoms with van der Waals surface area (Å²) in [5, 5.41) is 19.2. The summed E-state index contributed by atoms with van der Waals surface area (Å²) in [5.41, 5.74) is 5.41. The molecule has 0 saturated carbocycles. The number of fused-ring (bicyclic) bond motifs is 1. The first kappa shape index (κ1) is 17.5. The molecule has 0 aliphatic heterocycles. The second-order valence-electron chi connectivity index (χ2n) is 6.70. The fraction of sp³-hybridized carbons (Fsp3) is 0.174. The van der Waals surface area contributed by atoms with E-state index < -0.39 is 6.10 Å². The number of aliphatic hydroxyl groups excluding tert-OH is 2. The molecule has 0 aliphatic rings. The Bertz CT molecular complexity index is 1020. The molecule has 3 aromatic carbocycles. The normalized spacial score (nSPS) is 12.4. The van der Waals surface area contributed by atoms with Crippen LogP contribution in [-0.2, 0) is 13.0 Å². The molecule has 4 aromatic rings. The number of rotatable bonds is 6. The van der Waals surface area contributed by atoms with Crippen molar-refractivity contribution in [2.75, 3.05) is 6.61 Å². The van der Waals surface area contributed by atoms with E-state index in [9.17, 15) is 10.2 Å². The van der Waals surface area contributed by atoms with E-state index in [1.54, 1.807) is 0 Å². The van der Waals surface area contributed by atoms with Crippen molar-refractivity contribution < 1.29 is 10.2 Å². The van der Waals surface area contributed by atoms with Crippen molar-refractivity contribution in [2.45, 2.75) is 19.1 Å². The van der Waals surface area contributed by atoms with Gasteiger partial charge in [-0.2, -0.15) is 0 Å². The Morgan fingerprint density at radius 2 is 1.48 bits per heavy atom. The molecule has 1 heterocycles. The van der Waals surface area contributed by atoms with Crippen LogP contribution in [0, 0.1) is 0 Å². The van der Waals surface area contributed by atoms with Crippen molar-refractivity contribution >= 4 is 11.0 Å². The number of aromatic nitrogens is 2. The Balaban J connectivity index is 1.64. The molecule has 4 nitrogen and oxygen atoms in total. The highest BCUT2D eigenvalue weighted by Crippen LogP contribution is 2.22. The molecule has 1 atom stereocenters. The van der Waals surface area contributed by atoms with Gasteiger partial charge in [-0.05, 0) is 28.8 Å². The zero-order valence-electron chi connectivity index (χ0n) is 15.0. The Morgan fingerprint density at radius 3 is 2.22 bits per heavy atom. The highest BCUT2D eigenvalue weighted by Gasteiger charge is 2.14. The molecule has 4 rings (SSSR count). The van der Waals surface area contributed by atoms with Crippen LogP contribution >= 0.6 is 0 Å². The third kappa shape index (κ3) is 3.77. The molecule has 0 radical (unpaired) electrons. The van der Waals surface area contributed by atoms with Crippen molar-refractivity contribution in [2.24, 2.45) is 0 Å². The average molecular weight is 358 g/mol. The highest BCUT2D eigenvalue weighted by molar-refractivity contribution is 5.76. The van der Waals surface area contributed by atoms with Gasteiger partial charge in [0.15, 0.2) is 0 Å². The summed E-state index contributed by atoms with van der Waals surface area (Å²) in [5.74, 6) is 0.885. The lowest BCUT2D eigenvalue weighted by Crippen LogP contribution is -2.21. The molecule has 4 heteroatoms. The average Bonchev–Trinajstić information content (AvgIpc) is 3.06. The van der Waals surface area contributed by atoms with E-state index in [1.807, 2.05) is 47.0 Å². The summed E-state index contributed by atoms with van der Waals surface area (Å²) in [6, 6.07) is 26.7. The lowest BCUT2D eigenvalue weighted by atomic mass is 10.0. The van der Waals surface area contributed by atoms with Crippen LogP contribution in [-0.4, -0.2) is 32.5 Å². The monoisotopic (exact) mass is 358 g/mol. The van der Waals surface area contributed by atoms with Gasteiger partial charge in [-0.15, -0.1) is 0 Å². The van der Waals surface area contributed by atoms with E-state index in [-0.39, 0.29) is 6.61 Å². The predicted molar refractivity (Wildman–Crippen MR) is 108 cm³/mol. The number of nitrogens with zero attached hydrogens (tertiary/aromatic N) is 2. The lowest BCUT2D eigenvalue weighted by molar-refractivity contribution is 0.0815. The summed E-state index contributed by atoms with van der Waals surface area (Å²) in [4.78, 5) is 4.75. The minimum absolute atomic E-state index is 0.266. The quantitative estimate of drug-likeness (QED) is 0.553. The number of benzene rings is 3. The van der Waals surface area contributed by atoms with Gasteiger partial charge in [0.2, 0.25) is 0 Å². The van der Waals surface area contributed by atoms with Crippen LogP contribution in [0.1, 0.15) is 11.4 Å². The molecule has 0 bridgehead atoms. The lowest BCUT2D eigenvalue weighted by Gasteiger charge is -2.13. The third-order valence-corrected chi connectivity index (χ3v) is 4.76. The first-order chi connectivity index (χ1) is 13.2. The molecule has 136 valence electrons. The van der Waals surface area contributed by atoms with E-state index in [4.69, 9.17) is 4.98 Å². The van der Waals surface area contributed by atoms with Crippen molar-refractivity contribution in [3.8, 4) is 11.1 Å². The maximum absolute atomic E-state index is 9.94. The first-order valence-electron chi connectivity index (χ1n) is 9.12. The standard InChI is InChI=1S/C23H22N2O2/c26-16-20(27)15-25-22-9-5-4-8-21(22)24-23(25)14-17-10-12-19(13-11-17)18-6-2-1-3-7-18/h1-13,20,26-27H,14-16H2/t20-/m0/s1. The Morgan fingerprint density at radius 1 is 0.815 bits per heavy atom. The van der Waals surface area contributed by atoms with Gasteiger partial charge in [0.1, 0.15) is 5.82 Å². The van der Waals surface area contributed by atoms with Gasteiger partial charge in [-0.1, -0.05) is 66.7 Å². The molecule has 0 saturated heterocycles. The second-order valence-corrected chi connectivity index (χ2v) is 6.70. The van der Waals surface area contributed by atoms with Gasteiger partial charge in [0, 0.05) is 6.42 Å². The number of imidazole rings is 1. The number of aliphatic hydroxyl groups is 2. The van der Waals surface area contributed by atoms with Crippen LogP contribution in [0.2, 0.25) is 0 Å². The Kier molecular flexibility index (Phi) is 5.01. The fourth-order valence-corrected chi connectivity index (χ4v) is 3.36. The summed E-state index contributed by atoms with van der Waals surface area (Å²) in [6.07, 6.45) is -0.135. The highest BCUT2D eigenvalue weighted by atomic mass is 16.3. The first-order valence-corrected chi connectivity index (χ1v) is 9.12. The minimum Gasteiger partial charge on any atom is -0.394 e. The zero-order valence-corrected chi connectivity index (χ0v) is 15.0. The van der Waals surface area contributed by atoms with E-state index in [0.717, 1.165) is 22.4 Å². The van der Waals surface area contributed by atoms with Gasteiger partial charge in [0.25, 0.3) is 0 Å². The van der Waals surface area contributed by atoms with Crippen molar-refractivity contribution in [3.05, 3.63) is 90.3 Å². The number of para-hydroxylation sites is 2. The molecular weight excluding hydrogens is 336 g/mol. The van der Waals surface area contributed by atoms with Gasteiger partial charge >= 0.3 is 0 Å². The number of hydrogen-bond acceptors (Lipinski definition) is 3. The van der Waals surface area contributed by atoms with Crippen molar-refractivity contribution in [1.82, 2.24) is 9.55 Å². The smallest absolute Gasteiger partial charge is 0.114 e. The Hall–Kier alpha value is -2.95. The van der Waals surface area contributed by atoms with E-state index in [2.05, 4.69) is 36.4 Å². The van der Waals surface area contributed by atoms with Gasteiger partial charge in [-0.25, -0.2) is 4.98 Å². The molecule has 0 aliphatic carbocycles. The maximum Gasteiger partial charge on any atom is 0.114 e. The largest absolute Gasteiger partial charge is 0.394 e. The molecule has 1 aromatic heterocycles. The molecule has 0 unspecified atom stereocenters. The summed E-state index contributed by atoms with van der Waals surface area (Å²) < 4.78 is 2.00.